The summed E-state index contributed by atoms with van der Waals surface area (Å²) in [6.07, 6.45) is 1.43. The van der Waals surface area contributed by atoms with Crippen LogP contribution in [0.15, 0.2) is 63.1 Å². The first kappa shape index (κ1) is 24.5. The first-order valence-electron chi connectivity index (χ1n) is 10.1. The second-order valence-corrected chi connectivity index (χ2v) is 8.65. The molecule has 0 atom stereocenters. The van der Waals surface area contributed by atoms with Gasteiger partial charge in [-0.15, -0.1) is 0 Å². The Morgan fingerprint density at radius 1 is 1.23 bits per heavy atom. The smallest absolute Gasteiger partial charge is 0.373 e. The van der Waals surface area contributed by atoms with E-state index in [2.05, 4.69) is 26.0 Å². The third-order valence-corrected chi connectivity index (χ3v) is 5.74. The topological polar surface area (TPSA) is 98.1 Å². The van der Waals surface area contributed by atoms with Gasteiger partial charge in [-0.2, -0.15) is 0 Å². The zero-order chi connectivity index (χ0) is 25.1. The molecule has 8 nitrogen and oxygen atoms in total. The Morgan fingerprint density at radius 3 is 2.77 bits per heavy atom. The van der Waals surface area contributed by atoms with Crippen LogP contribution in [0.4, 0.5) is 9.18 Å². The molecular weight excluding hydrogens is 547 g/mol. The lowest BCUT2D eigenvalue weighted by Gasteiger charge is -2.13. The Bertz CT molecular complexity index is 1360. The zero-order valence-electron chi connectivity index (χ0n) is 18.1. The summed E-state index contributed by atoms with van der Waals surface area (Å²) in [6.45, 7) is -0.136. The van der Waals surface area contributed by atoms with Crippen molar-refractivity contribution >= 4 is 51.5 Å². The summed E-state index contributed by atoms with van der Waals surface area (Å²) < 4.78 is 29.8. The molecule has 0 aliphatic carbocycles. The van der Waals surface area contributed by atoms with Crippen LogP contribution in [-0.4, -0.2) is 29.9 Å². The highest BCUT2D eigenvalue weighted by Gasteiger charge is 2.34. The molecule has 4 rings (SSSR count). The minimum absolute atomic E-state index is 0.0143. The molecule has 0 unspecified atom stereocenters. The number of imide groups is 1. The van der Waals surface area contributed by atoms with E-state index in [9.17, 15) is 18.8 Å². The number of methoxy groups -OCH3 is 1. The standard InChI is InChI=1S/C24H17BrClFN2O6/c1-33-23(31)20-6-5-17(35-20)11-29-22(30)19(28-24(29)32)9-14-8-15(26)10-18(25)21(14)34-12-13-3-2-4-16(27)7-13/h2-10H,11-12H2,1H3,(H,28,32)/b19-9-. The maximum absolute atomic E-state index is 13.5. The van der Waals surface area contributed by atoms with Gasteiger partial charge >= 0.3 is 12.0 Å². The molecule has 35 heavy (non-hydrogen) atoms. The number of nitrogens with one attached hydrogen (secondary N) is 1. The van der Waals surface area contributed by atoms with E-state index in [4.69, 9.17) is 20.8 Å². The van der Waals surface area contributed by atoms with Crippen LogP contribution in [0.1, 0.15) is 27.4 Å². The highest BCUT2D eigenvalue weighted by molar-refractivity contribution is 9.10. The van der Waals surface area contributed by atoms with E-state index in [0.717, 1.165) is 4.90 Å². The number of carbonyl (C=O) groups excluding carboxylic acids is 3. The number of urea groups is 1. The van der Waals surface area contributed by atoms with Gasteiger partial charge in [0.1, 0.15) is 29.6 Å². The van der Waals surface area contributed by atoms with Crippen LogP contribution in [0.2, 0.25) is 5.02 Å². The molecule has 1 saturated heterocycles. The summed E-state index contributed by atoms with van der Waals surface area (Å²) in [6, 6.07) is 11.3. The van der Waals surface area contributed by atoms with E-state index in [0.29, 0.717) is 26.4 Å². The second kappa shape index (κ2) is 10.3. The molecule has 3 aromatic rings. The predicted molar refractivity (Wildman–Crippen MR) is 127 cm³/mol. The van der Waals surface area contributed by atoms with Crippen molar-refractivity contribution in [3.8, 4) is 5.75 Å². The molecule has 1 fully saturated rings. The number of amides is 3. The fraction of sp³-hybridized carbons (Fsp3) is 0.125. The maximum Gasteiger partial charge on any atom is 0.373 e. The van der Waals surface area contributed by atoms with Crippen LogP contribution in [0, 0.1) is 5.82 Å². The van der Waals surface area contributed by atoms with Crippen LogP contribution in [0.5, 0.6) is 5.75 Å². The minimum Gasteiger partial charge on any atom is -0.487 e. The summed E-state index contributed by atoms with van der Waals surface area (Å²) in [5.74, 6) is -1.16. The largest absolute Gasteiger partial charge is 0.487 e. The van der Waals surface area contributed by atoms with Crippen LogP contribution in [-0.2, 0) is 22.7 Å². The third kappa shape index (κ3) is 5.55. The number of rotatable bonds is 7. The van der Waals surface area contributed by atoms with Gasteiger partial charge in [0.15, 0.2) is 0 Å². The van der Waals surface area contributed by atoms with Gasteiger partial charge in [0, 0.05) is 10.6 Å². The highest BCUT2D eigenvalue weighted by Crippen LogP contribution is 2.35. The molecule has 3 amide bonds. The molecule has 1 aromatic heterocycles. The van der Waals surface area contributed by atoms with E-state index in [1.165, 1.54) is 37.5 Å². The predicted octanol–water partition coefficient (Wildman–Crippen LogP) is 5.29. The number of furan rings is 1. The molecule has 1 aliphatic heterocycles. The lowest BCUT2D eigenvalue weighted by Crippen LogP contribution is -2.30. The number of hydrogen-bond donors (Lipinski definition) is 1. The number of ether oxygens (including phenoxy) is 2. The van der Waals surface area contributed by atoms with E-state index < -0.39 is 23.7 Å². The number of nitrogens with zero attached hydrogens (tertiary/aromatic N) is 1. The van der Waals surface area contributed by atoms with Crippen LogP contribution >= 0.6 is 27.5 Å². The molecule has 11 heteroatoms. The normalized spacial score (nSPS) is 14.4. The molecule has 1 N–H and O–H groups in total. The van der Waals surface area contributed by atoms with E-state index in [1.807, 2.05) is 0 Å². The van der Waals surface area contributed by atoms with Crippen molar-refractivity contribution in [2.75, 3.05) is 7.11 Å². The first-order valence-corrected chi connectivity index (χ1v) is 11.3. The fourth-order valence-corrected chi connectivity index (χ4v) is 4.27. The van der Waals surface area contributed by atoms with Gasteiger partial charge in [-0.05, 0) is 64.0 Å². The number of halogens is 3. The van der Waals surface area contributed by atoms with Gasteiger partial charge < -0.3 is 19.2 Å². The van der Waals surface area contributed by atoms with Crippen molar-refractivity contribution in [2.45, 2.75) is 13.2 Å². The van der Waals surface area contributed by atoms with E-state index in [1.54, 1.807) is 24.3 Å². The summed E-state index contributed by atoms with van der Waals surface area (Å²) in [4.78, 5) is 37.9. The average Bonchev–Trinajstić information content (AvgIpc) is 3.38. The van der Waals surface area contributed by atoms with Crippen molar-refractivity contribution in [1.29, 1.82) is 0 Å². The quantitative estimate of drug-likeness (QED) is 0.238. The van der Waals surface area contributed by atoms with Gasteiger partial charge in [0.05, 0.1) is 18.1 Å². The SMILES string of the molecule is COC(=O)c1ccc(CN2C(=O)N/C(=C\c3cc(Cl)cc(Br)c3OCc3cccc(F)c3)C2=O)o1. The van der Waals surface area contributed by atoms with Crippen molar-refractivity contribution < 1.29 is 32.7 Å². The van der Waals surface area contributed by atoms with Crippen LogP contribution in [0.3, 0.4) is 0 Å². The highest BCUT2D eigenvalue weighted by atomic mass is 79.9. The van der Waals surface area contributed by atoms with Crippen molar-refractivity contribution in [2.24, 2.45) is 0 Å². The molecule has 0 spiro atoms. The van der Waals surface area contributed by atoms with Crippen molar-refractivity contribution in [3.05, 3.63) is 92.2 Å². The summed E-state index contributed by atoms with van der Waals surface area (Å²) in [5.41, 5.74) is 1.00. The molecule has 2 aromatic carbocycles. The van der Waals surface area contributed by atoms with Gasteiger partial charge in [-0.25, -0.2) is 14.0 Å². The van der Waals surface area contributed by atoms with Crippen molar-refractivity contribution in [3.63, 3.8) is 0 Å². The Kier molecular flexibility index (Phi) is 7.23. The molecule has 2 heterocycles. The minimum atomic E-state index is -0.675. The summed E-state index contributed by atoms with van der Waals surface area (Å²) >= 11 is 9.58. The Morgan fingerprint density at radius 2 is 2.03 bits per heavy atom. The summed E-state index contributed by atoms with van der Waals surface area (Å²) in [5, 5.41) is 2.87. The maximum atomic E-state index is 13.5. The fourth-order valence-electron chi connectivity index (χ4n) is 3.32. The van der Waals surface area contributed by atoms with Crippen LogP contribution in [0.25, 0.3) is 6.08 Å². The lowest BCUT2D eigenvalue weighted by atomic mass is 10.1. The summed E-state index contributed by atoms with van der Waals surface area (Å²) in [7, 11) is 1.21. The Balaban J connectivity index is 1.57. The molecular formula is C24H17BrClFN2O6. The number of esters is 1. The number of hydrogen-bond acceptors (Lipinski definition) is 6. The molecule has 180 valence electrons. The molecule has 0 saturated carbocycles. The van der Waals surface area contributed by atoms with E-state index >= 15 is 0 Å². The zero-order valence-corrected chi connectivity index (χ0v) is 20.5. The van der Waals surface area contributed by atoms with Gasteiger partial charge in [-0.1, -0.05) is 23.7 Å². The van der Waals surface area contributed by atoms with Gasteiger partial charge in [-0.3, -0.25) is 9.69 Å². The van der Waals surface area contributed by atoms with Gasteiger partial charge in [0.25, 0.3) is 5.91 Å². The lowest BCUT2D eigenvalue weighted by molar-refractivity contribution is -0.123. The number of carbonyl (C=O) groups is 3. The van der Waals surface area contributed by atoms with E-state index in [-0.39, 0.29) is 30.4 Å². The second-order valence-electron chi connectivity index (χ2n) is 7.36. The van der Waals surface area contributed by atoms with Crippen molar-refractivity contribution in [1.82, 2.24) is 10.2 Å². The monoisotopic (exact) mass is 562 g/mol. The van der Waals surface area contributed by atoms with Crippen LogP contribution < -0.4 is 10.1 Å². The third-order valence-electron chi connectivity index (χ3n) is 4.93. The molecule has 1 aliphatic rings. The van der Waals surface area contributed by atoms with Gasteiger partial charge in [0.2, 0.25) is 5.76 Å². The molecule has 0 bridgehead atoms. The number of benzene rings is 2. The molecule has 0 radical (unpaired) electrons. The average molecular weight is 564 g/mol. The Labute approximate surface area is 212 Å². The Hall–Kier alpha value is -3.63. The first-order chi connectivity index (χ1) is 16.7.